The van der Waals surface area contributed by atoms with Crippen molar-refractivity contribution in [2.24, 2.45) is 0 Å². The fourth-order valence-corrected chi connectivity index (χ4v) is 2.21. The van der Waals surface area contributed by atoms with Gasteiger partial charge in [0.05, 0.1) is 19.3 Å². The van der Waals surface area contributed by atoms with Gasteiger partial charge in [-0.25, -0.2) is 0 Å². The number of rotatable bonds is 6. The van der Waals surface area contributed by atoms with Crippen LogP contribution in [0.25, 0.3) is 11.0 Å². The molecule has 2 rings (SSSR count). The molecule has 4 nitrogen and oxygen atoms in total. The third-order valence-electron chi connectivity index (χ3n) is 3.53. The van der Waals surface area contributed by atoms with E-state index in [-0.39, 0.29) is 25.5 Å². The largest absolute Gasteiger partial charge is 0.464 e. The lowest BCUT2D eigenvalue weighted by Crippen LogP contribution is -2.29. The summed E-state index contributed by atoms with van der Waals surface area (Å²) in [4.78, 5) is 11.8. The quantitative estimate of drug-likeness (QED) is 0.828. The van der Waals surface area contributed by atoms with Crippen LogP contribution in [0.1, 0.15) is 16.7 Å². The lowest BCUT2D eigenvalue weighted by molar-refractivity contribution is -0.173. The number of carbonyl (C=O) groups excluding carboxylic acids is 1. The Labute approximate surface area is 131 Å². The predicted octanol–water partition coefficient (Wildman–Crippen LogP) is 3.29. The second kappa shape index (κ2) is 7.04. The van der Waals surface area contributed by atoms with Crippen LogP contribution >= 0.6 is 0 Å². The van der Waals surface area contributed by atoms with Crippen molar-refractivity contribution in [2.75, 3.05) is 19.8 Å². The zero-order chi connectivity index (χ0) is 17.0. The number of ether oxygens (including phenoxy) is 1. The molecule has 0 fully saturated rings. The summed E-state index contributed by atoms with van der Waals surface area (Å²) in [5, 5.41) is 3.40. The predicted molar refractivity (Wildman–Crippen MR) is 79.3 cm³/mol. The van der Waals surface area contributed by atoms with E-state index in [1.54, 1.807) is 0 Å². The van der Waals surface area contributed by atoms with Crippen molar-refractivity contribution in [2.45, 2.75) is 26.4 Å². The Balaban J connectivity index is 1.85. The molecule has 0 atom stereocenters. The maximum atomic E-state index is 11.9. The van der Waals surface area contributed by atoms with Gasteiger partial charge < -0.3 is 14.5 Å². The van der Waals surface area contributed by atoms with Gasteiger partial charge in [-0.3, -0.25) is 4.79 Å². The van der Waals surface area contributed by atoms with E-state index in [2.05, 4.69) is 10.1 Å². The minimum absolute atomic E-state index is 0.0306. The fourth-order valence-electron chi connectivity index (χ4n) is 2.21. The first-order valence-corrected chi connectivity index (χ1v) is 7.15. The zero-order valence-corrected chi connectivity index (χ0v) is 12.9. The topological polar surface area (TPSA) is 51.5 Å². The van der Waals surface area contributed by atoms with E-state index in [1.807, 2.05) is 26.0 Å². The molecule has 2 aromatic rings. The molecule has 1 aromatic heterocycles. The maximum Gasteiger partial charge on any atom is 0.411 e. The average Bonchev–Trinajstić information content (AvgIpc) is 2.85. The minimum Gasteiger partial charge on any atom is -0.464 e. The molecule has 0 aliphatic rings. The summed E-state index contributed by atoms with van der Waals surface area (Å²) in [5.74, 6) is -0.290. The molecular formula is C16H18F3NO3. The van der Waals surface area contributed by atoms with Gasteiger partial charge in [0, 0.05) is 17.5 Å². The molecule has 0 bridgehead atoms. The highest BCUT2D eigenvalue weighted by Gasteiger charge is 2.27. The highest BCUT2D eigenvalue weighted by molar-refractivity contribution is 5.89. The van der Waals surface area contributed by atoms with E-state index in [4.69, 9.17) is 4.42 Å². The van der Waals surface area contributed by atoms with Crippen molar-refractivity contribution in [3.8, 4) is 0 Å². The first-order valence-electron chi connectivity index (χ1n) is 7.15. The fraction of sp³-hybridized carbons (Fsp3) is 0.438. The number of carbonyl (C=O) groups is 1. The number of amides is 1. The van der Waals surface area contributed by atoms with Crippen LogP contribution in [-0.4, -0.2) is 31.8 Å². The van der Waals surface area contributed by atoms with Crippen molar-refractivity contribution < 1.29 is 27.1 Å². The van der Waals surface area contributed by atoms with E-state index in [1.165, 1.54) is 6.26 Å². The molecule has 1 aromatic carbocycles. The summed E-state index contributed by atoms with van der Waals surface area (Å²) in [5.41, 5.74) is 3.62. The number of furan rings is 1. The standard InChI is InChI=1S/C16H18F3NO3/c1-10-3-4-13-12(8-23-15(13)11(10)2)7-14(21)20-5-6-22-9-16(17,18)19/h3-4,8H,5-7,9H2,1-2H3,(H,20,21). The summed E-state index contributed by atoms with van der Waals surface area (Å²) < 4.78 is 45.6. The van der Waals surface area contributed by atoms with Crippen LogP contribution in [0.5, 0.6) is 0 Å². The van der Waals surface area contributed by atoms with Gasteiger partial charge in [0.25, 0.3) is 0 Å². The molecule has 0 saturated carbocycles. The van der Waals surface area contributed by atoms with Gasteiger partial charge in [-0.2, -0.15) is 13.2 Å². The SMILES string of the molecule is Cc1ccc2c(CC(=O)NCCOCC(F)(F)F)coc2c1C. The molecule has 1 amide bonds. The lowest BCUT2D eigenvalue weighted by atomic mass is 10.0. The maximum absolute atomic E-state index is 11.9. The molecule has 0 radical (unpaired) electrons. The van der Waals surface area contributed by atoms with Gasteiger partial charge in [0.15, 0.2) is 0 Å². The van der Waals surface area contributed by atoms with Crippen molar-refractivity contribution in [3.63, 3.8) is 0 Å². The first kappa shape index (κ1) is 17.3. The number of halogens is 3. The minimum atomic E-state index is -4.35. The van der Waals surface area contributed by atoms with Crippen LogP contribution in [0.2, 0.25) is 0 Å². The molecule has 7 heteroatoms. The van der Waals surface area contributed by atoms with E-state index < -0.39 is 12.8 Å². The Kier molecular flexibility index (Phi) is 5.30. The monoisotopic (exact) mass is 329 g/mol. The molecule has 23 heavy (non-hydrogen) atoms. The van der Waals surface area contributed by atoms with Gasteiger partial charge in [-0.15, -0.1) is 0 Å². The van der Waals surface area contributed by atoms with Crippen molar-refractivity contribution in [3.05, 3.63) is 35.1 Å². The number of aryl methyl sites for hydroxylation is 2. The summed E-state index contributed by atoms with van der Waals surface area (Å²) in [6.45, 7) is 2.46. The Hall–Kier alpha value is -2.02. The van der Waals surface area contributed by atoms with Gasteiger partial charge in [-0.1, -0.05) is 12.1 Å². The second-order valence-electron chi connectivity index (χ2n) is 5.34. The number of alkyl halides is 3. The van der Waals surface area contributed by atoms with E-state index >= 15 is 0 Å². The van der Waals surface area contributed by atoms with Crippen molar-refractivity contribution in [1.29, 1.82) is 0 Å². The van der Waals surface area contributed by atoms with Gasteiger partial charge in [0.1, 0.15) is 12.2 Å². The molecule has 126 valence electrons. The van der Waals surface area contributed by atoms with Crippen LogP contribution < -0.4 is 5.32 Å². The first-order chi connectivity index (χ1) is 10.8. The Morgan fingerprint density at radius 3 is 2.74 bits per heavy atom. The van der Waals surface area contributed by atoms with Gasteiger partial charge >= 0.3 is 6.18 Å². The third kappa shape index (κ3) is 4.72. The number of nitrogens with one attached hydrogen (secondary N) is 1. The van der Waals surface area contributed by atoms with Crippen LogP contribution in [0.4, 0.5) is 13.2 Å². The summed E-state index contributed by atoms with van der Waals surface area (Å²) in [6.07, 6.45) is -2.71. The third-order valence-corrected chi connectivity index (χ3v) is 3.53. The Morgan fingerprint density at radius 2 is 2.04 bits per heavy atom. The summed E-state index contributed by atoms with van der Waals surface area (Å²) >= 11 is 0. The summed E-state index contributed by atoms with van der Waals surface area (Å²) in [6, 6.07) is 3.86. The zero-order valence-electron chi connectivity index (χ0n) is 12.9. The summed E-state index contributed by atoms with van der Waals surface area (Å²) in [7, 11) is 0. The van der Waals surface area contributed by atoms with Gasteiger partial charge in [-0.05, 0) is 25.0 Å². The van der Waals surface area contributed by atoms with Crippen molar-refractivity contribution in [1.82, 2.24) is 5.32 Å². The Morgan fingerprint density at radius 1 is 1.30 bits per heavy atom. The number of hydrogen-bond donors (Lipinski definition) is 1. The highest BCUT2D eigenvalue weighted by Crippen LogP contribution is 2.26. The highest BCUT2D eigenvalue weighted by atomic mass is 19.4. The molecule has 1 heterocycles. The molecule has 0 aliphatic carbocycles. The smallest absolute Gasteiger partial charge is 0.411 e. The van der Waals surface area contributed by atoms with Crippen LogP contribution in [0, 0.1) is 13.8 Å². The van der Waals surface area contributed by atoms with E-state index in [0.29, 0.717) is 0 Å². The van der Waals surface area contributed by atoms with Crippen LogP contribution in [-0.2, 0) is 16.0 Å². The Bertz CT molecular complexity index is 692. The number of fused-ring (bicyclic) bond motifs is 1. The van der Waals surface area contributed by atoms with E-state index in [9.17, 15) is 18.0 Å². The molecular weight excluding hydrogens is 311 g/mol. The molecule has 0 aliphatic heterocycles. The molecule has 0 spiro atoms. The normalized spacial score (nSPS) is 11.9. The number of hydrogen-bond acceptors (Lipinski definition) is 3. The van der Waals surface area contributed by atoms with Crippen LogP contribution in [0.15, 0.2) is 22.8 Å². The molecule has 1 N–H and O–H groups in total. The molecule has 0 saturated heterocycles. The second-order valence-corrected chi connectivity index (χ2v) is 5.34. The average molecular weight is 329 g/mol. The van der Waals surface area contributed by atoms with E-state index in [0.717, 1.165) is 27.7 Å². The molecule has 0 unspecified atom stereocenters. The lowest BCUT2D eigenvalue weighted by Gasteiger charge is -2.08. The van der Waals surface area contributed by atoms with Crippen LogP contribution in [0.3, 0.4) is 0 Å². The number of benzene rings is 1. The van der Waals surface area contributed by atoms with Crippen molar-refractivity contribution >= 4 is 16.9 Å². The van der Waals surface area contributed by atoms with Gasteiger partial charge in [0.2, 0.25) is 5.91 Å².